The summed E-state index contributed by atoms with van der Waals surface area (Å²) in [6.45, 7) is 6.30. The van der Waals surface area contributed by atoms with Crippen molar-refractivity contribution >= 4 is 7.12 Å². The number of hydrogen-bond donors (Lipinski definition) is 0. The molecule has 0 spiro atoms. The highest BCUT2D eigenvalue weighted by atomic mass is 16.6. The molecule has 0 bridgehead atoms. The van der Waals surface area contributed by atoms with E-state index in [1.54, 1.807) is 0 Å². The first-order valence-electron chi connectivity index (χ1n) is 6.49. The van der Waals surface area contributed by atoms with E-state index in [-0.39, 0.29) is 12.4 Å². The van der Waals surface area contributed by atoms with E-state index in [2.05, 4.69) is 20.8 Å². The number of benzene rings is 2. The molecule has 2 rings (SSSR count). The number of hydrogen-bond acceptors (Lipinski definition) is 2. The molecule has 0 unspecified atom stereocenters. The molecule has 0 atom stereocenters. The second-order valence-electron chi connectivity index (χ2n) is 5.56. The SMILES string of the molecule is CC(C)(C)B(Oc1ccccc1)Oc1ccccc1. The maximum atomic E-state index is 5.96. The zero-order valence-electron chi connectivity index (χ0n) is 11.7. The van der Waals surface area contributed by atoms with Crippen LogP contribution in [0.2, 0.25) is 5.31 Å². The Bertz CT molecular complexity index is 450. The van der Waals surface area contributed by atoms with Gasteiger partial charge in [0.15, 0.2) is 0 Å². The molecule has 0 aliphatic carbocycles. The molecule has 0 saturated heterocycles. The van der Waals surface area contributed by atoms with Gasteiger partial charge in [-0.05, 0) is 24.3 Å². The summed E-state index contributed by atoms with van der Waals surface area (Å²) >= 11 is 0. The van der Waals surface area contributed by atoms with Gasteiger partial charge >= 0.3 is 7.12 Å². The molecule has 0 aromatic heterocycles. The highest BCUT2D eigenvalue weighted by Crippen LogP contribution is 2.30. The van der Waals surface area contributed by atoms with Crippen LogP contribution in [0.5, 0.6) is 11.5 Å². The zero-order chi connectivity index (χ0) is 13.7. The van der Waals surface area contributed by atoms with E-state index in [1.807, 2.05) is 60.7 Å². The second kappa shape index (κ2) is 5.83. The predicted octanol–water partition coefficient (Wildman–Crippen LogP) is 4.43. The quantitative estimate of drug-likeness (QED) is 0.751. The molecule has 0 radical (unpaired) electrons. The standard InChI is InChI=1S/C16H19BO2/c1-16(2,3)17(18-14-10-6-4-7-11-14)19-15-12-8-5-9-13-15/h4-13H,1-3H3. The molecule has 98 valence electrons. The van der Waals surface area contributed by atoms with Crippen LogP contribution in [0.15, 0.2) is 60.7 Å². The third-order valence-electron chi connectivity index (χ3n) is 2.68. The van der Waals surface area contributed by atoms with E-state index in [0.29, 0.717) is 0 Å². The van der Waals surface area contributed by atoms with Crippen molar-refractivity contribution in [3.63, 3.8) is 0 Å². The summed E-state index contributed by atoms with van der Waals surface area (Å²) in [7, 11) is -0.336. The molecule has 2 aromatic rings. The minimum Gasteiger partial charge on any atom is -0.525 e. The second-order valence-corrected chi connectivity index (χ2v) is 5.56. The van der Waals surface area contributed by atoms with Crippen LogP contribution in [-0.2, 0) is 0 Å². The fourth-order valence-electron chi connectivity index (χ4n) is 1.62. The van der Waals surface area contributed by atoms with Gasteiger partial charge in [0.1, 0.15) is 11.5 Å². The van der Waals surface area contributed by atoms with Crippen LogP contribution in [0.4, 0.5) is 0 Å². The van der Waals surface area contributed by atoms with Crippen molar-refractivity contribution in [1.82, 2.24) is 0 Å². The average molecular weight is 254 g/mol. The predicted molar refractivity (Wildman–Crippen MR) is 79.6 cm³/mol. The third-order valence-corrected chi connectivity index (χ3v) is 2.68. The monoisotopic (exact) mass is 254 g/mol. The smallest absolute Gasteiger partial charge is 0.525 e. The summed E-state index contributed by atoms with van der Waals surface area (Å²) in [5.74, 6) is 1.64. The maximum Gasteiger partial charge on any atom is 0.600 e. The van der Waals surface area contributed by atoms with Crippen LogP contribution < -0.4 is 9.31 Å². The van der Waals surface area contributed by atoms with E-state index in [0.717, 1.165) is 11.5 Å². The molecule has 3 heteroatoms. The first-order valence-corrected chi connectivity index (χ1v) is 6.49. The summed E-state index contributed by atoms with van der Waals surface area (Å²) in [6.07, 6.45) is 0. The maximum absolute atomic E-state index is 5.96. The van der Waals surface area contributed by atoms with Crippen molar-refractivity contribution < 1.29 is 9.31 Å². The molecule has 0 N–H and O–H groups in total. The summed E-state index contributed by atoms with van der Waals surface area (Å²) in [4.78, 5) is 0. The van der Waals surface area contributed by atoms with Crippen LogP contribution in [0.25, 0.3) is 0 Å². The Labute approximate surface area is 115 Å². The van der Waals surface area contributed by atoms with Gasteiger partial charge in [-0.1, -0.05) is 57.2 Å². The van der Waals surface area contributed by atoms with Gasteiger partial charge in [-0.25, -0.2) is 0 Å². The Morgan fingerprint density at radius 1 is 0.684 bits per heavy atom. The Kier molecular flexibility index (Phi) is 4.15. The van der Waals surface area contributed by atoms with Crippen LogP contribution in [-0.4, -0.2) is 7.12 Å². The van der Waals surface area contributed by atoms with Gasteiger partial charge in [0.2, 0.25) is 0 Å². The third kappa shape index (κ3) is 4.06. The Morgan fingerprint density at radius 2 is 1.05 bits per heavy atom. The van der Waals surface area contributed by atoms with Crippen molar-refractivity contribution in [1.29, 1.82) is 0 Å². The minimum atomic E-state index is -0.336. The zero-order valence-corrected chi connectivity index (χ0v) is 11.7. The van der Waals surface area contributed by atoms with Crippen LogP contribution >= 0.6 is 0 Å². The Morgan fingerprint density at radius 3 is 1.37 bits per heavy atom. The largest absolute Gasteiger partial charge is 0.600 e. The van der Waals surface area contributed by atoms with Crippen LogP contribution in [0.3, 0.4) is 0 Å². The van der Waals surface area contributed by atoms with Crippen LogP contribution in [0.1, 0.15) is 20.8 Å². The van der Waals surface area contributed by atoms with Gasteiger partial charge in [0, 0.05) is 5.31 Å². The molecule has 19 heavy (non-hydrogen) atoms. The Hall–Kier alpha value is -1.90. The molecule has 2 aromatic carbocycles. The fourth-order valence-corrected chi connectivity index (χ4v) is 1.62. The van der Waals surface area contributed by atoms with Gasteiger partial charge in [-0.15, -0.1) is 0 Å². The van der Waals surface area contributed by atoms with Crippen molar-refractivity contribution in [2.75, 3.05) is 0 Å². The number of rotatable bonds is 4. The molecule has 0 fully saturated rings. The molecule has 0 aliphatic rings. The fraction of sp³-hybridized carbons (Fsp3) is 0.250. The molecule has 2 nitrogen and oxygen atoms in total. The lowest BCUT2D eigenvalue weighted by Gasteiger charge is -2.26. The van der Waals surface area contributed by atoms with E-state index in [1.165, 1.54) is 0 Å². The van der Waals surface area contributed by atoms with E-state index < -0.39 is 0 Å². The molecule has 0 amide bonds. The molecular formula is C16H19BO2. The van der Waals surface area contributed by atoms with E-state index in [4.69, 9.17) is 9.31 Å². The molecule has 0 aliphatic heterocycles. The lowest BCUT2D eigenvalue weighted by atomic mass is 9.61. The Balaban J connectivity index is 2.13. The lowest BCUT2D eigenvalue weighted by Crippen LogP contribution is -2.39. The highest BCUT2D eigenvalue weighted by molar-refractivity contribution is 6.50. The first-order chi connectivity index (χ1) is 9.05. The van der Waals surface area contributed by atoms with Gasteiger partial charge in [-0.3, -0.25) is 0 Å². The summed E-state index contributed by atoms with van der Waals surface area (Å²) in [6, 6.07) is 19.5. The lowest BCUT2D eigenvalue weighted by molar-refractivity contribution is 0.379. The molecule has 0 heterocycles. The van der Waals surface area contributed by atoms with Gasteiger partial charge in [-0.2, -0.15) is 0 Å². The topological polar surface area (TPSA) is 18.5 Å². The van der Waals surface area contributed by atoms with Crippen molar-refractivity contribution in [3.8, 4) is 11.5 Å². The van der Waals surface area contributed by atoms with Crippen molar-refractivity contribution in [2.45, 2.75) is 26.1 Å². The molecule has 0 saturated carbocycles. The summed E-state index contributed by atoms with van der Waals surface area (Å²) < 4.78 is 11.9. The average Bonchev–Trinajstić information content (AvgIpc) is 2.39. The van der Waals surface area contributed by atoms with Crippen molar-refractivity contribution in [2.24, 2.45) is 0 Å². The first kappa shape index (κ1) is 13.5. The van der Waals surface area contributed by atoms with E-state index in [9.17, 15) is 0 Å². The summed E-state index contributed by atoms with van der Waals surface area (Å²) in [5.41, 5.74) is 0. The minimum absolute atomic E-state index is 0.119. The van der Waals surface area contributed by atoms with Crippen LogP contribution in [0, 0.1) is 0 Å². The molecular weight excluding hydrogens is 235 g/mol. The number of para-hydroxylation sites is 2. The van der Waals surface area contributed by atoms with Gasteiger partial charge < -0.3 is 9.31 Å². The highest BCUT2D eigenvalue weighted by Gasteiger charge is 2.38. The van der Waals surface area contributed by atoms with Gasteiger partial charge in [0.25, 0.3) is 0 Å². The van der Waals surface area contributed by atoms with E-state index >= 15 is 0 Å². The van der Waals surface area contributed by atoms with Gasteiger partial charge in [0.05, 0.1) is 0 Å². The normalized spacial score (nSPS) is 10.9. The van der Waals surface area contributed by atoms with Crippen molar-refractivity contribution in [3.05, 3.63) is 60.7 Å². The summed E-state index contributed by atoms with van der Waals surface area (Å²) in [5, 5.41) is -0.119.